The van der Waals surface area contributed by atoms with Gasteiger partial charge >= 0.3 is 0 Å². The van der Waals surface area contributed by atoms with Crippen LogP contribution < -0.4 is 4.90 Å². The summed E-state index contributed by atoms with van der Waals surface area (Å²) in [6.07, 6.45) is 1.86. The Labute approximate surface area is 180 Å². The zero-order valence-corrected chi connectivity index (χ0v) is 17.2. The molecule has 144 valence electrons. The molecule has 0 saturated carbocycles. The first kappa shape index (κ1) is 18.3. The second-order valence-electron chi connectivity index (χ2n) is 6.94. The van der Waals surface area contributed by atoms with E-state index in [2.05, 4.69) is 107 Å². The van der Waals surface area contributed by atoms with Gasteiger partial charge in [-0.05, 0) is 47.5 Å². The quantitative estimate of drug-likeness (QED) is 0.295. The molecule has 0 unspecified atom stereocenters. The number of benzene rings is 4. The summed E-state index contributed by atoms with van der Waals surface area (Å²) in [5, 5.41) is 3.07. The van der Waals surface area contributed by atoms with Crippen LogP contribution in [0.4, 0.5) is 17.1 Å². The molecule has 0 spiro atoms. The Morgan fingerprint density at radius 3 is 1.63 bits per heavy atom. The molecule has 30 heavy (non-hydrogen) atoms. The van der Waals surface area contributed by atoms with Crippen molar-refractivity contribution in [2.75, 3.05) is 4.90 Å². The van der Waals surface area contributed by atoms with Crippen LogP contribution in [0.15, 0.2) is 121 Å². The van der Waals surface area contributed by atoms with Gasteiger partial charge in [-0.2, -0.15) is 0 Å². The Hall–Kier alpha value is -3.69. The van der Waals surface area contributed by atoms with E-state index in [0.717, 1.165) is 22.1 Å². The second-order valence-corrected chi connectivity index (χ2v) is 7.83. The van der Waals surface area contributed by atoms with Crippen molar-refractivity contribution < 1.29 is 0 Å². The average Bonchev–Trinajstić information content (AvgIpc) is 3.36. The molecule has 0 N–H and O–H groups in total. The van der Waals surface area contributed by atoms with E-state index >= 15 is 0 Å². The lowest BCUT2D eigenvalue weighted by atomic mass is 9.99. The van der Waals surface area contributed by atoms with Gasteiger partial charge in [0.05, 0.1) is 0 Å². The number of thiazole rings is 1. The maximum atomic E-state index is 4.51. The Kier molecular flexibility index (Phi) is 5.11. The molecule has 0 aliphatic rings. The third-order valence-corrected chi connectivity index (χ3v) is 5.86. The molecule has 1 aromatic heterocycles. The molecule has 0 amide bonds. The summed E-state index contributed by atoms with van der Waals surface area (Å²) in [7, 11) is 0. The molecule has 2 nitrogen and oxygen atoms in total. The smallest absolute Gasteiger partial charge is 0.123 e. The lowest BCUT2D eigenvalue weighted by molar-refractivity contribution is 1.28. The summed E-state index contributed by atoms with van der Waals surface area (Å²) in [5.41, 5.74) is 6.96. The molecule has 1 heterocycles. The number of aromatic nitrogens is 1. The highest BCUT2D eigenvalue weighted by Gasteiger charge is 2.13. The highest BCUT2D eigenvalue weighted by Crippen LogP contribution is 2.37. The van der Waals surface area contributed by atoms with Crippen LogP contribution in [0.5, 0.6) is 0 Å². The number of para-hydroxylation sites is 2. The SMILES string of the molecule is c1ccc(N(c2ccccc2)c2ccc(-c3ccccc3-c3nccs3)cc2)cc1. The summed E-state index contributed by atoms with van der Waals surface area (Å²) in [5.74, 6) is 0. The van der Waals surface area contributed by atoms with Crippen molar-refractivity contribution in [2.45, 2.75) is 0 Å². The van der Waals surface area contributed by atoms with E-state index in [9.17, 15) is 0 Å². The first-order valence-corrected chi connectivity index (χ1v) is 10.8. The van der Waals surface area contributed by atoms with Gasteiger partial charge in [0.15, 0.2) is 0 Å². The highest BCUT2D eigenvalue weighted by molar-refractivity contribution is 7.13. The van der Waals surface area contributed by atoms with Crippen molar-refractivity contribution in [3.05, 3.63) is 121 Å². The third-order valence-electron chi connectivity index (χ3n) is 5.06. The van der Waals surface area contributed by atoms with Gasteiger partial charge < -0.3 is 4.90 Å². The van der Waals surface area contributed by atoms with E-state index in [0.29, 0.717) is 0 Å². The van der Waals surface area contributed by atoms with Gasteiger partial charge in [-0.3, -0.25) is 0 Å². The van der Waals surface area contributed by atoms with Crippen LogP contribution in [-0.4, -0.2) is 4.98 Å². The molecule has 0 radical (unpaired) electrons. The standard InChI is InChI=1S/C27H20N2S/c1-3-9-22(10-4-1)29(23-11-5-2-6-12-23)24-17-15-21(16-18-24)25-13-7-8-14-26(25)27-28-19-20-30-27/h1-20H. The van der Waals surface area contributed by atoms with Crippen LogP contribution >= 0.6 is 11.3 Å². The fourth-order valence-corrected chi connectivity index (χ4v) is 4.35. The number of anilines is 3. The molecule has 0 atom stereocenters. The van der Waals surface area contributed by atoms with Gasteiger partial charge in [0.2, 0.25) is 0 Å². The summed E-state index contributed by atoms with van der Waals surface area (Å²) in [6, 6.07) is 38.2. The van der Waals surface area contributed by atoms with Gasteiger partial charge in [0.25, 0.3) is 0 Å². The van der Waals surface area contributed by atoms with Crippen molar-refractivity contribution in [1.29, 1.82) is 0 Å². The van der Waals surface area contributed by atoms with Gasteiger partial charge in [0, 0.05) is 34.2 Å². The molecular weight excluding hydrogens is 384 g/mol. The number of hydrogen-bond acceptors (Lipinski definition) is 3. The first-order chi connectivity index (χ1) is 14.9. The zero-order valence-electron chi connectivity index (χ0n) is 16.3. The normalized spacial score (nSPS) is 10.7. The van der Waals surface area contributed by atoms with Crippen LogP contribution in [0.2, 0.25) is 0 Å². The van der Waals surface area contributed by atoms with Crippen LogP contribution in [0.25, 0.3) is 21.7 Å². The predicted molar refractivity (Wildman–Crippen MR) is 128 cm³/mol. The van der Waals surface area contributed by atoms with Gasteiger partial charge in [-0.1, -0.05) is 72.8 Å². The monoisotopic (exact) mass is 404 g/mol. The van der Waals surface area contributed by atoms with Crippen LogP contribution in [0.1, 0.15) is 0 Å². The van der Waals surface area contributed by atoms with Crippen LogP contribution in [0, 0.1) is 0 Å². The lowest BCUT2D eigenvalue weighted by Gasteiger charge is -2.25. The van der Waals surface area contributed by atoms with Crippen molar-refractivity contribution in [1.82, 2.24) is 4.98 Å². The maximum Gasteiger partial charge on any atom is 0.123 e. The van der Waals surface area contributed by atoms with Crippen molar-refractivity contribution in [3.8, 4) is 21.7 Å². The maximum absolute atomic E-state index is 4.51. The first-order valence-electron chi connectivity index (χ1n) is 9.90. The minimum absolute atomic E-state index is 1.05. The minimum Gasteiger partial charge on any atom is -0.311 e. The Balaban J connectivity index is 1.56. The molecule has 4 aromatic carbocycles. The molecule has 0 fully saturated rings. The average molecular weight is 405 g/mol. The second kappa shape index (κ2) is 8.36. The Morgan fingerprint density at radius 2 is 1.07 bits per heavy atom. The number of hydrogen-bond donors (Lipinski definition) is 0. The predicted octanol–water partition coefficient (Wildman–Crippen LogP) is 7.95. The van der Waals surface area contributed by atoms with Gasteiger partial charge in [-0.25, -0.2) is 4.98 Å². The van der Waals surface area contributed by atoms with Crippen LogP contribution in [0.3, 0.4) is 0 Å². The molecule has 0 aliphatic heterocycles. The molecule has 0 bridgehead atoms. The zero-order chi connectivity index (χ0) is 20.2. The van der Waals surface area contributed by atoms with Gasteiger partial charge in [0.1, 0.15) is 5.01 Å². The van der Waals surface area contributed by atoms with Crippen molar-refractivity contribution >= 4 is 28.4 Å². The molecule has 3 heteroatoms. The Bertz CT molecular complexity index is 1180. The van der Waals surface area contributed by atoms with Gasteiger partial charge in [-0.15, -0.1) is 11.3 Å². The molecule has 0 saturated heterocycles. The van der Waals surface area contributed by atoms with Crippen LogP contribution in [-0.2, 0) is 0 Å². The molecule has 0 aliphatic carbocycles. The van der Waals surface area contributed by atoms with E-state index in [4.69, 9.17) is 0 Å². The molecule has 5 rings (SSSR count). The fraction of sp³-hybridized carbons (Fsp3) is 0. The largest absolute Gasteiger partial charge is 0.311 e. The summed E-state index contributed by atoms with van der Waals surface area (Å²) in [4.78, 5) is 6.78. The summed E-state index contributed by atoms with van der Waals surface area (Å²) >= 11 is 1.67. The van der Waals surface area contributed by atoms with E-state index in [1.54, 1.807) is 11.3 Å². The van der Waals surface area contributed by atoms with E-state index in [-0.39, 0.29) is 0 Å². The third kappa shape index (κ3) is 3.63. The van der Waals surface area contributed by atoms with E-state index in [1.165, 1.54) is 16.7 Å². The summed E-state index contributed by atoms with van der Waals surface area (Å²) in [6.45, 7) is 0. The highest BCUT2D eigenvalue weighted by atomic mass is 32.1. The Morgan fingerprint density at radius 1 is 0.533 bits per heavy atom. The summed E-state index contributed by atoms with van der Waals surface area (Å²) < 4.78 is 0. The molecule has 5 aromatic rings. The molecular formula is C27H20N2S. The van der Waals surface area contributed by atoms with Crippen molar-refractivity contribution in [2.24, 2.45) is 0 Å². The van der Waals surface area contributed by atoms with Crippen molar-refractivity contribution in [3.63, 3.8) is 0 Å². The topological polar surface area (TPSA) is 16.1 Å². The van der Waals surface area contributed by atoms with E-state index < -0.39 is 0 Å². The fourth-order valence-electron chi connectivity index (χ4n) is 3.67. The minimum atomic E-state index is 1.05. The lowest BCUT2D eigenvalue weighted by Crippen LogP contribution is -2.09. The number of rotatable bonds is 5. The van der Waals surface area contributed by atoms with E-state index in [1.807, 2.05) is 23.7 Å². The number of nitrogens with zero attached hydrogens (tertiary/aromatic N) is 2.